The van der Waals surface area contributed by atoms with E-state index in [2.05, 4.69) is 20.7 Å². The molecule has 0 radical (unpaired) electrons. The molecule has 0 aromatic carbocycles. The zero-order valence-electron chi connectivity index (χ0n) is 8.26. The Morgan fingerprint density at radius 2 is 2.19 bits per heavy atom. The van der Waals surface area contributed by atoms with E-state index in [-0.39, 0.29) is 6.61 Å². The van der Waals surface area contributed by atoms with Crippen LogP contribution in [0.3, 0.4) is 0 Å². The lowest BCUT2D eigenvalue weighted by molar-refractivity contribution is -0.174. The van der Waals surface area contributed by atoms with Gasteiger partial charge in [0, 0.05) is 21.8 Å². The molecule has 16 heavy (non-hydrogen) atoms. The summed E-state index contributed by atoms with van der Waals surface area (Å²) in [5, 5.41) is 1.89. The molecular formula is C9H11BrF3NOS. The average molecular weight is 318 g/mol. The zero-order chi connectivity index (χ0) is 12.2. The topological polar surface area (TPSA) is 35.2 Å². The highest BCUT2D eigenvalue weighted by Crippen LogP contribution is 2.23. The molecule has 0 bridgehead atoms. The predicted molar refractivity (Wildman–Crippen MR) is 60.6 cm³/mol. The molecule has 0 spiro atoms. The normalized spacial score (nSPS) is 14.1. The van der Waals surface area contributed by atoms with Crippen molar-refractivity contribution >= 4 is 27.3 Å². The molecule has 0 amide bonds. The first-order chi connectivity index (χ1) is 7.38. The first-order valence-electron chi connectivity index (χ1n) is 4.50. The Morgan fingerprint density at radius 1 is 1.50 bits per heavy atom. The van der Waals surface area contributed by atoms with Crippen LogP contribution in [-0.4, -0.2) is 25.4 Å². The molecule has 0 aliphatic carbocycles. The minimum absolute atomic E-state index is 0.0934. The van der Waals surface area contributed by atoms with Crippen LogP contribution >= 0.6 is 27.3 Å². The summed E-state index contributed by atoms with van der Waals surface area (Å²) >= 11 is 4.84. The van der Waals surface area contributed by atoms with Gasteiger partial charge in [0.2, 0.25) is 0 Å². The van der Waals surface area contributed by atoms with Gasteiger partial charge >= 0.3 is 6.18 Å². The fourth-order valence-electron chi connectivity index (χ4n) is 1.09. The van der Waals surface area contributed by atoms with Gasteiger partial charge in [0.15, 0.2) is 0 Å². The van der Waals surface area contributed by atoms with E-state index in [1.54, 1.807) is 0 Å². The van der Waals surface area contributed by atoms with Gasteiger partial charge in [-0.15, -0.1) is 11.3 Å². The van der Waals surface area contributed by atoms with Crippen LogP contribution in [0.4, 0.5) is 13.2 Å². The molecule has 1 aromatic rings. The van der Waals surface area contributed by atoms with Gasteiger partial charge in [0.1, 0.15) is 6.61 Å². The molecule has 1 heterocycles. The molecule has 1 unspecified atom stereocenters. The van der Waals surface area contributed by atoms with Crippen LogP contribution < -0.4 is 5.73 Å². The lowest BCUT2D eigenvalue weighted by atomic mass is 10.2. The molecule has 1 atom stereocenters. The lowest BCUT2D eigenvalue weighted by Crippen LogP contribution is -2.30. The molecule has 2 N–H and O–H groups in total. The van der Waals surface area contributed by atoms with Crippen LogP contribution in [0.15, 0.2) is 15.9 Å². The monoisotopic (exact) mass is 317 g/mol. The van der Waals surface area contributed by atoms with Gasteiger partial charge in [-0.25, -0.2) is 0 Å². The van der Waals surface area contributed by atoms with Crippen LogP contribution in [0, 0.1) is 0 Å². The number of hydrogen-bond donors (Lipinski definition) is 1. The minimum Gasteiger partial charge on any atom is -0.370 e. The van der Waals surface area contributed by atoms with E-state index in [0.29, 0.717) is 6.42 Å². The highest BCUT2D eigenvalue weighted by atomic mass is 79.9. The number of halogens is 4. The predicted octanol–water partition coefficient (Wildman–Crippen LogP) is 2.96. The van der Waals surface area contributed by atoms with Crippen LogP contribution in [0.25, 0.3) is 0 Å². The Hall–Kier alpha value is -0.110. The summed E-state index contributed by atoms with van der Waals surface area (Å²) in [6, 6.07) is 1.46. The Kier molecular flexibility index (Phi) is 5.23. The fourth-order valence-corrected chi connectivity index (χ4v) is 2.70. The molecule has 92 valence electrons. The summed E-state index contributed by atoms with van der Waals surface area (Å²) in [5.41, 5.74) is 5.66. The average Bonchev–Trinajstić information content (AvgIpc) is 2.49. The van der Waals surface area contributed by atoms with E-state index in [1.165, 1.54) is 11.3 Å². The molecule has 1 rings (SSSR count). The van der Waals surface area contributed by atoms with E-state index in [9.17, 15) is 13.2 Å². The molecule has 0 saturated heterocycles. The molecule has 0 aliphatic heterocycles. The summed E-state index contributed by atoms with van der Waals surface area (Å²) in [5.74, 6) is 0. The highest BCUT2D eigenvalue weighted by Gasteiger charge is 2.27. The molecule has 2 nitrogen and oxygen atoms in total. The summed E-state index contributed by atoms with van der Waals surface area (Å²) in [6.07, 6.45) is -3.78. The maximum absolute atomic E-state index is 11.8. The number of thiophene rings is 1. The SMILES string of the molecule is NC(COCC(F)(F)F)Cc1sccc1Br. The van der Waals surface area contributed by atoms with Crippen molar-refractivity contribution in [3.8, 4) is 0 Å². The summed E-state index contributed by atoms with van der Waals surface area (Å²) in [7, 11) is 0. The number of nitrogens with two attached hydrogens (primary N) is 1. The third kappa shape index (κ3) is 5.29. The molecular weight excluding hydrogens is 307 g/mol. The zero-order valence-corrected chi connectivity index (χ0v) is 10.7. The second-order valence-corrected chi connectivity index (χ2v) is 5.14. The molecule has 0 aliphatic rings. The van der Waals surface area contributed by atoms with Crippen molar-refractivity contribution in [2.45, 2.75) is 18.6 Å². The number of ether oxygens (including phenoxy) is 1. The smallest absolute Gasteiger partial charge is 0.370 e. The van der Waals surface area contributed by atoms with Gasteiger partial charge in [-0.1, -0.05) is 0 Å². The third-order valence-electron chi connectivity index (χ3n) is 1.74. The van der Waals surface area contributed by atoms with Gasteiger partial charge in [-0.3, -0.25) is 0 Å². The van der Waals surface area contributed by atoms with E-state index >= 15 is 0 Å². The van der Waals surface area contributed by atoms with Gasteiger partial charge in [0.25, 0.3) is 0 Å². The Labute approximate surface area is 104 Å². The standard InChI is InChI=1S/C9H11BrF3NOS/c10-7-1-2-16-8(7)3-6(14)4-15-5-9(11,12)13/h1-2,6H,3-5,14H2. The van der Waals surface area contributed by atoms with E-state index in [1.807, 2.05) is 11.4 Å². The van der Waals surface area contributed by atoms with E-state index in [4.69, 9.17) is 5.73 Å². The second-order valence-electron chi connectivity index (χ2n) is 3.29. The first-order valence-corrected chi connectivity index (χ1v) is 6.17. The summed E-state index contributed by atoms with van der Waals surface area (Å²) in [6.45, 7) is -1.34. The lowest BCUT2D eigenvalue weighted by Gasteiger charge is -2.12. The van der Waals surface area contributed by atoms with Crippen molar-refractivity contribution in [2.75, 3.05) is 13.2 Å². The van der Waals surface area contributed by atoms with Crippen LogP contribution in [0.5, 0.6) is 0 Å². The molecule has 0 fully saturated rings. The number of rotatable bonds is 5. The van der Waals surface area contributed by atoms with Crippen molar-refractivity contribution in [3.63, 3.8) is 0 Å². The van der Waals surface area contributed by atoms with Gasteiger partial charge in [-0.2, -0.15) is 13.2 Å². The number of hydrogen-bond acceptors (Lipinski definition) is 3. The maximum atomic E-state index is 11.8. The van der Waals surface area contributed by atoms with E-state index in [0.717, 1.165) is 9.35 Å². The Balaban J connectivity index is 2.26. The largest absolute Gasteiger partial charge is 0.411 e. The van der Waals surface area contributed by atoms with Gasteiger partial charge < -0.3 is 10.5 Å². The van der Waals surface area contributed by atoms with Crippen molar-refractivity contribution in [1.29, 1.82) is 0 Å². The van der Waals surface area contributed by atoms with Crippen LogP contribution in [0.1, 0.15) is 4.88 Å². The number of alkyl halides is 3. The fraction of sp³-hybridized carbons (Fsp3) is 0.556. The molecule has 7 heteroatoms. The van der Waals surface area contributed by atoms with Gasteiger partial charge in [-0.05, 0) is 27.4 Å². The second kappa shape index (κ2) is 6.00. The third-order valence-corrected chi connectivity index (χ3v) is 3.68. The Morgan fingerprint density at radius 3 is 2.69 bits per heavy atom. The summed E-state index contributed by atoms with van der Waals surface area (Å²) < 4.78 is 40.8. The van der Waals surface area contributed by atoms with Crippen molar-refractivity contribution < 1.29 is 17.9 Å². The summed E-state index contributed by atoms with van der Waals surface area (Å²) in [4.78, 5) is 1.02. The highest BCUT2D eigenvalue weighted by molar-refractivity contribution is 9.10. The van der Waals surface area contributed by atoms with Crippen LogP contribution in [0.2, 0.25) is 0 Å². The first kappa shape index (κ1) is 14.0. The van der Waals surface area contributed by atoms with Crippen molar-refractivity contribution in [3.05, 3.63) is 20.8 Å². The van der Waals surface area contributed by atoms with Crippen molar-refractivity contribution in [1.82, 2.24) is 0 Å². The van der Waals surface area contributed by atoms with Crippen molar-refractivity contribution in [2.24, 2.45) is 5.73 Å². The molecule has 1 aromatic heterocycles. The minimum atomic E-state index is -4.29. The molecule has 0 saturated carbocycles. The van der Waals surface area contributed by atoms with Gasteiger partial charge in [0.05, 0.1) is 6.61 Å². The Bertz CT molecular complexity index is 329. The van der Waals surface area contributed by atoms with Crippen LogP contribution in [-0.2, 0) is 11.2 Å². The quantitative estimate of drug-likeness (QED) is 0.906. The van der Waals surface area contributed by atoms with E-state index < -0.39 is 18.8 Å². The maximum Gasteiger partial charge on any atom is 0.411 e.